The van der Waals surface area contributed by atoms with Gasteiger partial charge in [-0.05, 0) is 53.4 Å². The summed E-state index contributed by atoms with van der Waals surface area (Å²) in [5, 5.41) is 10.6. The third-order valence-corrected chi connectivity index (χ3v) is 6.56. The summed E-state index contributed by atoms with van der Waals surface area (Å²) in [4.78, 5) is 14.7. The van der Waals surface area contributed by atoms with Crippen LogP contribution in [-0.2, 0) is 24.9 Å². The van der Waals surface area contributed by atoms with E-state index in [0.717, 1.165) is 61.4 Å². The first kappa shape index (κ1) is 26.4. The Morgan fingerprint density at radius 1 is 0.872 bits per heavy atom. The second-order valence-corrected chi connectivity index (χ2v) is 9.30. The van der Waals surface area contributed by atoms with Gasteiger partial charge < -0.3 is 19.6 Å². The SMILES string of the molecule is CC(=O)/C=C(/C)O.[Ir].[c-]1cc2c3c(c1-c1cc4ccccc4cn1)Oc1ccccc1B3c1ccccc1O2. The molecule has 0 spiro atoms. The van der Waals surface area contributed by atoms with Crippen LogP contribution in [0.25, 0.3) is 22.0 Å². The number of pyridine rings is 1. The van der Waals surface area contributed by atoms with Crippen LogP contribution in [0.2, 0.25) is 0 Å². The number of aliphatic hydroxyl groups is 1. The molecule has 5 aromatic rings. The number of benzene rings is 4. The maximum absolute atomic E-state index is 10.0. The van der Waals surface area contributed by atoms with E-state index in [1.54, 1.807) is 0 Å². The van der Waals surface area contributed by atoms with Crippen molar-refractivity contribution in [3.63, 3.8) is 0 Å². The summed E-state index contributed by atoms with van der Waals surface area (Å²) >= 11 is 0. The van der Waals surface area contributed by atoms with E-state index in [0.29, 0.717) is 0 Å². The zero-order valence-electron chi connectivity index (χ0n) is 21.3. The Bertz CT molecular complexity index is 1740. The smallest absolute Gasteiger partial charge is 0.239 e. The molecule has 1 N–H and O–H groups in total. The molecule has 2 aliphatic rings. The van der Waals surface area contributed by atoms with Crippen LogP contribution in [0, 0.1) is 6.07 Å². The number of aliphatic hydroxyl groups excluding tert-OH is 1. The summed E-state index contributed by atoms with van der Waals surface area (Å²) in [5.41, 5.74) is 5.04. The van der Waals surface area contributed by atoms with Crippen molar-refractivity contribution in [3.05, 3.63) is 109 Å². The predicted octanol–water partition coefficient (Wildman–Crippen LogP) is 5.46. The first-order valence-corrected chi connectivity index (χ1v) is 12.3. The Labute approximate surface area is 240 Å². The molecule has 4 aromatic carbocycles. The molecule has 0 bridgehead atoms. The Morgan fingerprint density at radius 3 is 2.13 bits per heavy atom. The maximum Gasteiger partial charge on any atom is 0.239 e. The van der Waals surface area contributed by atoms with Gasteiger partial charge in [-0.25, -0.2) is 0 Å². The van der Waals surface area contributed by atoms with Crippen molar-refractivity contribution in [1.82, 2.24) is 4.98 Å². The van der Waals surface area contributed by atoms with Crippen LogP contribution in [0.15, 0.2) is 103 Å². The summed E-state index contributed by atoms with van der Waals surface area (Å²) in [5.74, 6) is 3.25. The molecule has 0 fully saturated rings. The Kier molecular flexibility index (Phi) is 7.38. The summed E-state index contributed by atoms with van der Waals surface area (Å²) < 4.78 is 12.8. The van der Waals surface area contributed by atoms with Crippen molar-refractivity contribution >= 4 is 39.7 Å². The molecule has 3 heterocycles. The average Bonchev–Trinajstić information content (AvgIpc) is 2.92. The molecule has 193 valence electrons. The number of para-hydroxylation sites is 2. The first-order valence-electron chi connectivity index (χ1n) is 12.3. The molecule has 0 atom stereocenters. The van der Waals surface area contributed by atoms with Gasteiger partial charge in [-0.2, -0.15) is 0 Å². The van der Waals surface area contributed by atoms with E-state index in [1.165, 1.54) is 19.9 Å². The van der Waals surface area contributed by atoms with Gasteiger partial charge in [0.15, 0.2) is 5.78 Å². The molecular formula is C32H23BIrNO4-. The van der Waals surface area contributed by atoms with Crippen LogP contribution >= 0.6 is 0 Å². The second-order valence-electron chi connectivity index (χ2n) is 9.30. The number of carbonyl (C=O) groups is 1. The number of ether oxygens (including phenoxy) is 2. The summed E-state index contributed by atoms with van der Waals surface area (Å²) in [6, 6.07) is 32.1. The molecule has 39 heavy (non-hydrogen) atoms. The van der Waals surface area contributed by atoms with E-state index >= 15 is 0 Å². The Balaban J connectivity index is 0.000000345. The third-order valence-electron chi connectivity index (χ3n) is 6.56. The summed E-state index contributed by atoms with van der Waals surface area (Å²) in [6.07, 6.45) is 3.07. The number of ketones is 1. The van der Waals surface area contributed by atoms with Gasteiger partial charge in [0.1, 0.15) is 11.5 Å². The molecule has 2 aliphatic heterocycles. The average molecular weight is 689 g/mol. The number of allylic oxidation sites excluding steroid dienone is 2. The quantitative estimate of drug-likeness (QED) is 0.113. The van der Waals surface area contributed by atoms with E-state index in [-0.39, 0.29) is 38.4 Å². The molecule has 0 saturated carbocycles. The van der Waals surface area contributed by atoms with Crippen LogP contribution < -0.4 is 25.9 Å². The molecule has 5 nitrogen and oxygen atoms in total. The zero-order valence-corrected chi connectivity index (χ0v) is 23.7. The summed E-state index contributed by atoms with van der Waals surface area (Å²) in [6.45, 7) is 2.90. The van der Waals surface area contributed by atoms with Crippen LogP contribution in [0.5, 0.6) is 23.0 Å². The van der Waals surface area contributed by atoms with Crippen molar-refractivity contribution in [3.8, 4) is 34.3 Å². The molecule has 0 saturated heterocycles. The number of fused-ring (bicyclic) bond motifs is 5. The van der Waals surface area contributed by atoms with Gasteiger partial charge in [0, 0.05) is 43.9 Å². The van der Waals surface area contributed by atoms with Gasteiger partial charge >= 0.3 is 0 Å². The Hall–Kier alpha value is -4.19. The third kappa shape index (κ3) is 4.99. The van der Waals surface area contributed by atoms with Crippen molar-refractivity contribution in [1.29, 1.82) is 0 Å². The second kappa shape index (κ2) is 10.9. The van der Waals surface area contributed by atoms with E-state index in [2.05, 4.69) is 48.5 Å². The minimum atomic E-state index is -0.125. The number of rotatable bonds is 2. The number of carbonyl (C=O) groups excluding carboxylic acids is 1. The number of hydrogen-bond acceptors (Lipinski definition) is 5. The van der Waals surface area contributed by atoms with Crippen LogP contribution in [0.1, 0.15) is 13.8 Å². The molecule has 0 aliphatic carbocycles. The van der Waals surface area contributed by atoms with E-state index in [1.807, 2.05) is 48.7 Å². The zero-order chi connectivity index (χ0) is 26.2. The molecule has 1 aromatic heterocycles. The largest absolute Gasteiger partial charge is 0.512 e. The van der Waals surface area contributed by atoms with Crippen molar-refractivity contribution in [2.45, 2.75) is 13.8 Å². The van der Waals surface area contributed by atoms with Gasteiger partial charge in [0.25, 0.3) is 0 Å². The van der Waals surface area contributed by atoms with E-state index in [4.69, 9.17) is 19.6 Å². The van der Waals surface area contributed by atoms with Gasteiger partial charge in [-0.1, -0.05) is 77.8 Å². The van der Waals surface area contributed by atoms with Crippen LogP contribution in [0.3, 0.4) is 0 Å². The maximum atomic E-state index is 10.0. The van der Waals surface area contributed by atoms with Gasteiger partial charge in [0.2, 0.25) is 6.71 Å². The standard InChI is InChI=1S/C27H15BNO2.C5H8O2.Ir/c1-2-8-18-16-29-22(15-17(18)7-1)19-13-14-25-26-27(19)31-24-12-6-4-10-21(24)28(26)20-9-3-5-11-23(20)30-25;1-4(6)3-5(2)7;/h1-12,14-16H;3,6H,1-2H3;/q-1;;/b;4-3-;. The van der Waals surface area contributed by atoms with Crippen LogP contribution in [-0.4, -0.2) is 22.6 Å². The number of hydrogen-bond donors (Lipinski definition) is 1. The van der Waals surface area contributed by atoms with Gasteiger partial charge in [-0.3, -0.25) is 4.79 Å². The van der Waals surface area contributed by atoms with E-state index < -0.39 is 0 Å². The fourth-order valence-electron chi connectivity index (χ4n) is 5.03. The fraction of sp³-hybridized carbons (Fsp3) is 0.0625. The first-order chi connectivity index (χ1) is 18.5. The van der Waals surface area contributed by atoms with Crippen LogP contribution in [0.4, 0.5) is 0 Å². The van der Waals surface area contributed by atoms with Gasteiger partial charge in [0.05, 0.1) is 5.76 Å². The number of aromatic nitrogens is 1. The molecule has 0 unspecified atom stereocenters. The minimum absolute atomic E-state index is 0. The monoisotopic (exact) mass is 689 g/mol. The molecule has 7 heteroatoms. The normalized spacial score (nSPS) is 12.4. The summed E-state index contributed by atoms with van der Waals surface area (Å²) in [7, 11) is 0. The number of nitrogens with zero attached hydrogens (tertiary/aromatic N) is 1. The predicted molar refractivity (Wildman–Crippen MR) is 151 cm³/mol. The van der Waals surface area contributed by atoms with Crippen molar-refractivity contribution < 1.29 is 39.5 Å². The Morgan fingerprint density at radius 2 is 1.49 bits per heavy atom. The molecule has 0 amide bonds. The molecule has 7 rings (SSSR count). The van der Waals surface area contributed by atoms with Crippen molar-refractivity contribution in [2.24, 2.45) is 0 Å². The van der Waals surface area contributed by atoms with Gasteiger partial charge in [-0.15, -0.1) is 12.1 Å². The van der Waals surface area contributed by atoms with Crippen molar-refractivity contribution in [2.75, 3.05) is 0 Å². The topological polar surface area (TPSA) is 68.7 Å². The molecule has 1 radical (unpaired) electrons. The van der Waals surface area contributed by atoms with E-state index in [9.17, 15) is 4.79 Å². The fourth-order valence-corrected chi connectivity index (χ4v) is 5.03. The minimum Gasteiger partial charge on any atom is -0.512 e. The molecular weight excluding hydrogens is 665 g/mol.